The van der Waals surface area contributed by atoms with Gasteiger partial charge in [-0.2, -0.15) is 0 Å². The van der Waals surface area contributed by atoms with Crippen molar-refractivity contribution in [1.82, 2.24) is 14.9 Å². The number of hydrogen-bond donors (Lipinski definition) is 2. The van der Waals surface area contributed by atoms with E-state index in [1.54, 1.807) is 4.31 Å². The van der Waals surface area contributed by atoms with Gasteiger partial charge in [0.15, 0.2) is 0 Å². The zero-order valence-electron chi connectivity index (χ0n) is 13.9. The average Bonchev–Trinajstić information content (AvgIpc) is 3.07. The average molecular weight is 347 g/mol. The molecule has 2 atom stereocenters. The highest BCUT2D eigenvalue weighted by Crippen LogP contribution is 2.19. The van der Waals surface area contributed by atoms with Crippen LogP contribution in [-0.4, -0.2) is 69.8 Å². The Balaban J connectivity index is 1.77. The molecular formula is C15H29N3O4S. The van der Waals surface area contributed by atoms with Crippen molar-refractivity contribution in [2.24, 2.45) is 5.92 Å². The van der Waals surface area contributed by atoms with Crippen LogP contribution < -0.4 is 10.6 Å². The minimum absolute atomic E-state index is 0.0336. The Morgan fingerprint density at radius 2 is 2.17 bits per heavy atom. The van der Waals surface area contributed by atoms with Gasteiger partial charge in [0.25, 0.3) is 0 Å². The standard InChI is InChI=1S/C15H29N3O4S/c1-2-22-9-10-23(20,21)18-8-4-5-13(12-18)11-17-15(19)14-6-3-7-16-14/h13-14,16H,2-12H2,1H3,(H,17,19). The summed E-state index contributed by atoms with van der Waals surface area (Å²) in [6, 6.07) is -0.0791. The topological polar surface area (TPSA) is 87.7 Å². The van der Waals surface area contributed by atoms with Gasteiger partial charge in [-0.25, -0.2) is 12.7 Å². The normalized spacial score (nSPS) is 26.3. The van der Waals surface area contributed by atoms with Crippen LogP contribution in [0.15, 0.2) is 0 Å². The number of nitrogens with one attached hydrogen (secondary N) is 2. The molecule has 2 N–H and O–H groups in total. The quantitative estimate of drug-likeness (QED) is 0.600. The van der Waals surface area contributed by atoms with Crippen LogP contribution in [0.1, 0.15) is 32.6 Å². The van der Waals surface area contributed by atoms with Gasteiger partial charge in [-0.1, -0.05) is 0 Å². The van der Waals surface area contributed by atoms with Gasteiger partial charge < -0.3 is 15.4 Å². The van der Waals surface area contributed by atoms with E-state index in [1.807, 2.05) is 6.92 Å². The number of piperidine rings is 1. The predicted octanol–water partition coefficient (Wildman–Crippen LogP) is -0.0671. The van der Waals surface area contributed by atoms with E-state index >= 15 is 0 Å². The monoisotopic (exact) mass is 347 g/mol. The Kier molecular flexibility index (Phi) is 7.26. The molecule has 7 nitrogen and oxygen atoms in total. The highest BCUT2D eigenvalue weighted by molar-refractivity contribution is 7.89. The Morgan fingerprint density at radius 3 is 2.87 bits per heavy atom. The third kappa shape index (κ3) is 5.70. The van der Waals surface area contributed by atoms with Crippen molar-refractivity contribution in [3.8, 4) is 0 Å². The van der Waals surface area contributed by atoms with E-state index in [1.165, 1.54) is 0 Å². The van der Waals surface area contributed by atoms with Crippen LogP contribution in [-0.2, 0) is 19.6 Å². The number of nitrogens with zero attached hydrogens (tertiary/aromatic N) is 1. The molecule has 0 radical (unpaired) electrons. The van der Waals surface area contributed by atoms with Crippen molar-refractivity contribution < 1.29 is 17.9 Å². The van der Waals surface area contributed by atoms with E-state index < -0.39 is 10.0 Å². The van der Waals surface area contributed by atoms with Crippen LogP contribution >= 0.6 is 0 Å². The molecule has 2 aliphatic heterocycles. The number of amides is 1. The lowest BCUT2D eigenvalue weighted by Gasteiger charge is -2.32. The van der Waals surface area contributed by atoms with Crippen molar-refractivity contribution in [2.45, 2.75) is 38.6 Å². The number of rotatable bonds is 8. The van der Waals surface area contributed by atoms with Gasteiger partial charge in [0.05, 0.1) is 18.4 Å². The molecule has 2 fully saturated rings. The van der Waals surface area contributed by atoms with E-state index in [0.717, 1.165) is 32.2 Å². The van der Waals surface area contributed by atoms with Crippen molar-refractivity contribution in [2.75, 3.05) is 45.1 Å². The smallest absolute Gasteiger partial charge is 0.237 e. The maximum absolute atomic E-state index is 12.3. The van der Waals surface area contributed by atoms with Gasteiger partial charge in [-0.15, -0.1) is 0 Å². The fourth-order valence-corrected chi connectivity index (χ4v) is 4.59. The fraction of sp³-hybridized carbons (Fsp3) is 0.933. The summed E-state index contributed by atoms with van der Waals surface area (Å²) in [7, 11) is -3.26. The van der Waals surface area contributed by atoms with Gasteiger partial charge in [0.1, 0.15) is 0 Å². The van der Waals surface area contributed by atoms with E-state index in [-0.39, 0.29) is 30.2 Å². The summed E-state index contributed by atoms with van der Waals surface area (Å²) in [5.41, 5.74) is 0. The van der Waals surface area contributed by atoms with Crippen LogP contribution in [0.2, 0.25) is 0 Å². The fourth-order valence-electron chi connectivity index (χ4n) is 3.16. The molecule has 2 aliphatic rings. The molecule has 0 aromatic rings. The third-order valence-corrected chi connectivity index (χ3v) is 6.31. The lowest BCUT2D eigenvalue weighted by atomic mass is 9.99. The van der Waals surface area contributed by atoms with E-state index in [0.29, 0.717) is 26.2 Å². The Hall–Kier alpha value is -0.700. The lowest BCUT2D eigenvalue weighted by molar-refractivity contribution is -0.123. The maximum atomic E-state index is 12.3. The summed E-state index contributed by atoms with van der Waals surface area (Å²) in [6.45, 7) is 5.13. The largest absolute Gasteiger partial charge is 0.381 e. The summed E-state index contributed by atoms with van der Waals surface area (Å²) in [6.07, 6.45) is 3.72. The van der Waals surface area contributed by atoms with E-state index in [2.05, 4.69) is 10.6 Å². The first-order chi connectivity index (χ1) is 11.0. The molecule has 2 heterocycles. The minimum Gasteiger partial charge on any atom is -0.381 e. The molecule has 0 saturated carbocycles. The molecule has 0 aromatic heterocycles. The number of carbonyl (C=O) groups is 1. The molecule has 8 heteroatoms. The summed E-state index contributed by atoms with van der Waals surface area (Å²) in [5, 5.41) is 6.14. The van der Waals surface area contributed by atoms with E-state index in [4.69, 9.17) is 4.74 Å². The Bertz CT molecular complexity index is 477. The lowest BCUT2D eigenvalue weighted by Crippen LogP contribution is -2.47. The van der Waals surface area contributed by atoms with E-state index in [9.17, 15) is 13.2 Å². The molecule has 2 unspecified atom stereocenters. The first kappa shape index (κ1) is 18.6. The van der Waals surface area contributed by atoms with Crippen molar-refractivity contribution in [1.29, 1.82) is 0 Å². The van der Waals surface area contributed by atoms with Crippen molar-refractivity contribution in [3.63, 3.8) is 0 Å². The van der Waals surface area contributed by atoms with Crippen LogP contribution in [0.25, 0.3) is 0 Å². The molecule has 2 saturated heterocycles. The molecular weight excluding hydrogens is 318 g/mol. The van der Waals surface area contributed by atoms with Gasteiger partial charge in [0.2, 0.25) is 15.9 Å². The predicted molar refractivity (Wildman–Crippen MR) is 88.6 cm³/mol. The van der Waals surface area contributed by atoms with Crippen LogP contribution in [0, 0.1) is 5.92 Å². The van der Waals surface area contributed by atoms with Crippen LogP contribution in [0.5, 0.6) is 0 Å². The Labute approximate surface area is 139 Å². The molecule has 1 amide bonds. The second kappa shape index (κ2) is 8.96. The van der Waals surface area contributed by atoms with Crippen molar-refractivity contribution >= 4 is 15.9 Å². The first-order valence-electron chi connectivity index (χ1n) is 8.59. The SMILES string of the molecule is CCOCCS(=O)(=O)N1CCCC(CNC(=O)C2CCCN2)C1. The number of sulfonamides is 1. The van der Waals surface area contributed by atoms with Crippen molar-refractivity contribution in [3.05, 3.63) is 0 Å². The summed E-state index contributed by atoms with van der Waals surface area (Å²) >= 11 is 0. The van der Waals surface area contributed by atoms with Gasteiger partial charge in [0, 0.05) is 26.2 Å². The molecule has 0 bridgehead atoms. The molecule has 0 aromatic carbocycles. The highest BCUT2D eigenvalue weighted by atomic mass is 32.2. The molecule has 134 valence electrons. The van der Waals surface area contributed by atoms with Crippen LogP contribution in [0.3, 0.4) is 0 Å². The maximum Gasteiger partial charge on any atom is 0.237 e. The molecule has 23 heavy (non-hydrogen) atoms. The molecule has 0 aliphatic carbocycles. The number of hydrogen-bond acceptors (Lipinski definition) is 5. The zero-order chi connectivity index (χ0) is 16.7. The zero-order valence-corrected chi connectivity index (χ0v) is 14.7. The van der Waals surface area contributed by atoms with Gasteiger partial charge >= 0.3 is 0 Å². The second-order valence-corrected chi connectivity index (χ2v) is 8.36. The third-order valence-electron chi connectivity index (χ3n) is 4.51. The number of carbonyl (C=O) groups excluding carboxylic acids is 1. The first-order valence-corrected chi connectivity index (χ1v) is 10.2. The number of ether oxygens (including phenoxy) is 1. The molecule has 0 spiro atoms. The molecule has 2 rings (SSSR count). The Morgan fingerprint density at radius 1 is 1.35 bits per heavy atom. The minimum atomic E-state index is -3.26. The summed E-state index contributed by atoms with van der Waals surface area (Å²) in [4.78, 5) is 12.0. The van der Waals surface area contributed by atoms with Crippen LogP contribution in [0.4, 0.5) is 0 Å². The van der Waals surface area contributed by atoms with Gasteiger partial charge in [-0.3, -0.25) is 4.79 Å². The second-order valence-electron chi connectivity index (χ2n) is 6.27. The highest BCUT2D eigenvalue weighted by Gasteiger charge is 2.29. The van der Waals surface area contributed by atoms with Gasteiger partial charge in [-0.05, 0) is 45.1 Å². The summed E-state index contributed by atoms with van der Waals surface area (Å²) < 4.78 is 31.3. The summed E-state index contributed by atoms with van der Waals surface area (Å²) in [5.74, 6) is 0.265.